The minimum Gasteiger partial charge on any atom is -0.491 e. The fraction of sp³-hybridized carbons (Fsp3) is 0.400. The molecule has 1 aromatic carbocycles. The number of hydrogen-bond acceptors (Lipinski definition) is 3. The van der Waals surface area contributed by atoms with Crippen molar-refractivity contribution in [3.63, 3.8) is 0 Å². The molecule has 0 amide bonds. The van der Waals surface area contributed by atoms with Gasteiger partial charge in [-0.3, -0.25) is 0 Å². The lowest BCUT2D eigenvalue weighted by molar-refractivity contribution is 0.261. The van der Waals surface area contributed by atoms with Gasteiger partial charge in [-0.2, -0.15) is 0 Å². The molecule has 0 saturated heterocycles. The fourth-order valence-electron chi connectivity index (χ4n) is 0.972. The molecule has 0 aliphatic carbocycles. The summed E-state index contributed by atoms with van der Waals surface area (Å²) in [5.74, 6) is 0.683. The van der Waals surface area contributed by atoms with Crippen LogP contribution in [0.25, 0.3) is 0 Å². The van der Waals surface area contributed by atoms with Crippen LogP contribution in [-0.2, 0) is 0 Å². The largest absolute Gasteiger partial charge is 0.491 e. The molecular formula is C10H17Cl3N2O. The third-order valence-electron chi connectivity index (χ3n) is 1.75. The molecule has 0 fully saturated rings. The Labute approximate surface area is 114 Å². The van der Waals surface area contributed by atoms with Crippen LogP contribution in [0.4, 0.5) is 5.69 Å². The van der Waals surface area contributed by atoms with Gasteiger partial charge in [-0.25, -0.2) is 0 Å². The summed E-state index contributed by atoms with van der Waals surface area (Å²) in [6.07, 6.45) is 0. The first-order valence-electron chi connectivity index (χ1n) is 4.42. The molecule has 0 spiro atoms. The normalized spacial score (nSPS) is 9.25. The van der Waals surface area contributed by atoms with Crippen molar-refractivity contribution in [1.29, 1.82) is 0 Å². The zero-order chi connectivity index (χ0) is 10.6. The average Bonchev–Trinajstić information content (AvgIpc) is 2.08. The Hall–Kier alpha value is -0.350. The van der Waals surface area contributed by atoms with Crippen molar-refractivity contribution in [3.05, 3.63) is 23.2 Å². The van der Waals surface area contributed by atoms with E-state index >= 15 is 0 Å². The zero-order valence-corrected chi connectivity index (χ0v) is 11.7. The molecule has 3 nitrogen and oxygen atoms in total. The molecule has 0 unspecified atom stereocenters. The second-order valence-electron chi connectivity index (χ2n) is 3.34. The smallest absolute Gasteiger partial charge is 0.138 e. The molecule has 0 aliphatic heterocycles. The van der Waals surface area contributed by atoms with Gasteiger partial charge < -0.3 is 15.4 Å². The summed E-state index contributed by atoms with van der Waals surface area (Å²) < 4.78 is 5.47. The quantitative estimate of drug-likeness (QED) is 0.865. The zero-order valence-electron chi connectivity index (χ0n) is 9.27. The van der Waals surface area contributed by atoms with E-state index < -0.39 is 0 Å². The first kappa shape index (κ1) is 18.0. The first-order valence-corrected chi connectivity index (χ1v) is 4.80. The Morgan fingerprint density at radius 1 is 1.31 bits per heavy atom. The van der Waals surface area contributed by atoms with Gasteiger partial charge in [-0.15, -0.1) is 24.8 Å². The van der Waals surface area contributed by atoms with E-state index in [1.54, 1.807) is 18.2 Å². The molecule has 6 heteroatoms. The number of nitrogens with two attached hydrogens (primary N) is 1. The van der Waals surface area contributed by atoms with E-state index in [-0.39, 0.29) is 24.8 Å². The minimum absolute atomic E-state index is 0. The van der Waals surface area contributed by atoms with Gasteiger partial charge in [0.15, 0.2) is 0 Å². The van der Waals surface area contributed by atoms with E-state index in [4.69, 9.17) is 22.1 Å². The van der Waals surface area contributed by atoms with Crippen LogP contribution in [0, 0.1) is 0 Å². The molecule has 0 radical (unpaired) electrons. The van der Waals surface area contributed by atoms with E-state index in [2.05, 4.69) is 0 Å². The maximum absolute atomic E-state index is 5.93. The Kier molecular flexibility index (Phi) is 9.87. The number of benzene rings is 1. The van der Waals surface area contributed by atoms with Crippen LogP contribution in [-0.4, -0.2) is 32.1 Å². The minimum atomic E-state index is 0. The molecule has 0 saturated carbocycles. The van der Waals surface area contributed by atoms with Gasteiger partial charge in [0.1, 0.15) is 12.4 Å². The molecule has 0 atom stereocenters. The lowest BCUT2D eigenvalue weighted by Gasteiger charge is -2.12. The number of rotatable bonds is 4. The van der Waals surface area contributed by atoms with Crippen LogP contribution in [0.3, 0.4) is 0 Å². The van der Waals surface area contributed by atoms with Gasteiger partial charge in [0, 0.05) is 12.2 Å². The summed E-state index contributed by atoms with van der Waals surface area (Å²) in [6, 6.07) is 5.25. The van der Waals surface area contributed by atoms with Crippen LogP contribution < -0.4 is 10.5 Å². The maximum Gasteiger partial charge on any atom is 0.138 e. The Balaban J connectivity index is 0. The van der Waals surface area contributed by atoms with Crippen molar-refractivity contribution >= 4 is 42.1 Å². The number of anilines is 1. The molecular weight excluding hydrogens is 270 g/mol. The summed E-state index contributed by atoms with van der Waals surface area (Å²) in [5.41, 5.74) is 6.20. The number of halogens is 3. The standard InChI is InChI=1S/C10H15ClN2O.2ClH/c1-13(2)5-6-14-10-4-3-8(12)7-9(10)11;;/h3-4,7H,5-6,12H2,1-2H3;2*1H. The number of nitrogens with zero attached hydrogens (tertiary/aromatic N) is 1. The highest BCUT2D eigenvalue weighted by Crippen LogP contribution is 2.26. The van der Waals surface area contributed by atoms with Crippen molar-refractivity contribution in [2.75, 3.05) is 33.0 Å². The topological polar surface area (TPSA) is 38.5 Å². The third-order valence-corrected chi connectivity index (χ3v) is 2.05. The third kappa shape index (κ3) is 6.28. The van der Waals surface area contributed by atoms with E-state index in [9.17, 15) is 0 Å². The SMILES string of the molecule is CN(C)CCOc1ccc(N)cc1Cl.Cl.Cl. The molecule has 0 heterocycles. The highest BCUT2D eigenvalue weighted by atomic mass is 35.5. The van der Waals surface area contributed by atoms with Crippen LogP contribution in [0.1, 0.15) is 0 Å². The van der Waals surface area contributed by atoms with E-state index in [1.165, 1.54) is 0 Å². The van der Waals surface area contributed by atoms with E-state index in [1.807, 2.05) is 19.0 Å². The van der Waals surface area contributed by atoms with Crippen LogP contribution in [0.15, 0.2) is 18.2 Å². The van der Waals surface area contributed by atoms with Crippen molar-refractivity contribution in [1.82, 2.24) is 4.90 Å². The van der Waals surface area contributed by atoms with Crippen LogP contribution in [0.5, 0.6) is 5.75 Å². The van der Waals surface area contributed by atoms with Gasteiger partial charge in [0.25, 0.3) is 0 Å². The molecule has 0 bridgehead atoms. The lowest BCUT2D eigenvalue weighted by atomic mass is 10.3. The van der Waals surface area contributed by atoms with Gasteiger partial charge in [-0.1, -0.05) is 11.6 Å². The van der Waals surface area contributed by atoms with Gasteiger partial charge >= 0.3 is 0 Å². The second-order valence-corrected chi connectivity index (χ2v) is 3.75. The highest BCUT2D eigenvalue weighted by Gasteiger charge is 2.01. The lowest BCUT2D eigenvalue weighted by Crippen LogP contribution is -2.19. The Morgan fingerprint density at radius 2 is 1.94 bits per heavy atom. The molecule has 0 aliphatic rings. The molecule has 0 aromatic heterocycles. The second kappa shape index (κ2) is 8.76. The van der Waals surface area contributed by atoms with Crippen LogP contribution in [0.2, 0.25) is 5.02 Å². The molecule has 2 N–H and O–H groups in total. The number of ether oxygens (including phenoxy) is 1. The van der Waals surface area contributed by atoms with Crippen molar-refractivity contribution in [2.24, 2.45) is 0 Å². The monoisotopic (exact) mass is 286 g/mol. The summed E-state index contributed by atoms with van der Waals surface area (Å²) >= 11 is 5.93. The summed E-state index contributed by atoms with van der Waals surface area (Å²) in [7, 11) is 3.99. The van der Waals surface area contributed by atoms with Crippen molar-refractivity contribution in [3.8, 4) is 5.75 Å². The Morgan fingerprint density at radius 3 is 2.44 bits per heavy atom. The predicted molar refractivity (Wildman–Crippen MR) is 74.4 cm³/mol. The molecule has 16 heavy (non-hydrogen) atoms. The van der Waals surface area contributed by atoms with E-state index in [0.29, 0.717) is 23.1 Å². The summed E-state index contributed by atoms with van der Waals surface area (Å²) in [5, 5.41) is 0.559. The van der Waals surface area contributed by atoms with Gasteiger partial charge in [0.2, 0.25) is 0 Å². The van der Waals surface area contributed by atoms with E-state index in [0.717, 1.165) is 6.54 Å². The van der Waals surface area contributed by atoms with Crippen molar-refractivity contribution in [2.45, 2.75) is 0 Å². The molecule has 94 valence electrons. The van der Waals surface area contributed by atoms with Gasteiger partial charge in [0.05, 0.1) is 5.02 Å². The number of likely N-dealkylation sites (N-methyl/N-ethyl adjacent to an activating group) is 1. The summed E-state index contributed by atoms with van der Waals surface area (Å²) in [4.78, 5) is 2.05. The highest BCUT2D eigenvalue weighted by molar-refractivity contribution is 6.32. The van der Waals surface area contributed by atoms with Crippen molar-refractivity contribution < 1.29 is 4.74 Å². The van der Waals surface area contributed by atoms with Crippen LogP contribution >= 0.6 is 36.4 Å². The fourth-order valence-corrected chi connectivity index (χ4v) is 1.22. The van der Waals surface area contributed by atoms with Gasteiger partial charge in [-0.05, 0) is 32.3 Å². The number of hydrogen-bond donors (Lipinski definition) is 1. The Bertz CT molecular complexity index is 308. The first-order chi connectivity index (χ1) is 6.59. The number of nitrogen functional groups attached to an aromatic ring is 1. The predicted octanol–water partition coefficient (Wildman–Crippen LogP) is 2.71. The maximum atomic E-state index is 5.93. The molecule has 1 aromatic rings. The molecule has 1 rings (SSSR count). The summed E-state index contributed by atoms with van der Waals surface area (Å²) in [6.45, 7) is 1.48. The average molecular weight is 288 g/mol.